The summed E-state index contributed by atoms with van der Waals surface area (Å²) in [4.78, 5) is 2.66. The number of piperidine rings is 1. The highest BCUT2D eigenvalue weighted by Gasteiger charge is 2.18. The van der Waals surface area contributed by atoms with Gasteiger partial charge in [-0.1, -0.05) is 25.2 Å². The van der Waals surface area contributed by atoms with Crippen LogP contribution < -0.4 is 5.73 Å². The lowest BCUT2D eigenvalue weighted by atomic mass is 9.99. The molecule has 0 amide bonds. The predicted molar refractivity (Wildman–Crippen MR) is 76.0 cm³/mol. The van der Waals surface area contributed by atoms with E-state index in [1.807, 2.05) is 0 Å². The topological polar surface area (TPSA) is 29.3 Å². The van der Waals surface area contributed by atoms with E-state index in [1.165, 1.54) is 25.0 Å². The molecule has 2 N–H and O–H groups in total. The Morgan fingerprint density at radius 1 is 1.56 bits per heavy atom. The molecular weight excluding hydrogens is 247 g/mol. The monoisotopic (exact) mass is 266 g/mol. The van der Waals surface area contributed by atoms with Gasteiger partial charge in [0, 0.05) is 18.7 Å². The summed E-state index contributed by atoms with van der Waals surface area (Å²) in [6, 6.07) is 4.71. The third-order valence-electron chi connectivity index (χ3n) is 3.47. The number of hydrogen-bond donors (Lipinski definition) is 1. The third-order valence-corrected chi connectivity index (χ3v) is 3.69. The van der Waals surface area contributed by atoms with E-state index in [0.717, 1.165) is 31.1 Å². The SMILES string of the molecule is CC1CCCN(Cc2ccc(F)cc2C(N)=S)C1. The Morgan fingerprint density at radius 3 is 3.00 bits per heavy atom. The van der Waals surface area contributed by atoms with Crippen LogP contribution in [0.2, 0.25) is 0 Å². The first-order valence-electron chi connectivity index (χ1n) is 6.37. The van der Waals surface area contributed by atoms with Gasteiger partial charge in [-0.3, -0.25) is 4.90 Å². The summed E-state index contributed by atoms with van der Waals surface area (Å²) in [5, 5.41) is 0. The van der Waals surface area contributed by atoms with Crippen LogP contribution in [0.25, 0.3) is 0 Å². The molecule has 1 aliphatic rings. The molecule has 1 aliphatic heterocycles. The predicted octanol–water partition coefficient (Wildman–Crippen LogP) is 2.69. The number of nitrogens with zero attached hydrogens (tertiary/aromatic N) is 1. The fraction of sp³-hybridized carbons (Fsp3) is 0.500. The quantitative estimate of drug-likeness (QED) is 0.853. The van der Waals surface area contributed by atoms with E-state index in [2.05, 4.69) is 11.8 Å². The fourth-order valence-corrected chi connectivity index (χ4v) is 2.78. The molecule has 2 rings (SSSR count). The second kappa shape index (κ2) is 5.76. The fourth-order valence-electron chi connectivity index (χ4n) is 2.59. The Kier molecular flexibility index (Phi) is 4.30. The molecule has 4 heteroatoms. The summed E-state index contributed by atoms with van der Waals surface area (Å²) in [5.74, 6) is 0.445. The summed E-state index contributed by atoms with van der Waals surface area (Å²) in [5.41, 5.74) is 7.36. The molecule has 0 spiro atoms. The van der Waals surface area contributed by atoms with E-state index in [0.29, 0.717) is 5.56 Å². The van der Waals surface area contributed by atoms with Crippen LogP contribution >= 0.6 is 12.2 Å². The van der Waals surface area contributed by atoms with Crippen molar-refractivity contribution < 1.29 is 4.39 Å². The summed E-state index contributed by atoms with van der Waals surface area (Å²) in [7, 11) is 0. The van der Waals surface area contributed by atoms with Crippen molar-refractivity contribution >= 4 is 17.2 Å². The number of thiocarbonyl (C=S) groups is 1. The zero-order chi connectivity index (χ0) is 13.1. The molecule has 1 heterocycles. The van der Waals surface area contributed by atoms with Gasteiger partial charge in [0.05, 0.1) is 0 Å². The van der Waals surface area contributed by atoms with Crippen molar-refractivity contribution in [3.05, 3.63) is 35.1 Å². The van der Waals surface area contributed by atoms with Crippen molar-refractivity contribution in [1.29, 1.82) is 0 Å². The minimum Gasteiger partial charge on any atom is -0.389 e. The van der Waals surface area contributed by atoms with Crippen molar-refractivity contribution in [3.8, 4) is 0 Å². The first kappa shape index (κ1) is 13.4. The molecule has 98 valence electrons. The number of halogens is 1. The van der Waals surface area contributed by atoms with Gasteiger partial charge in [0.1, 0.15) is 10.8 Å². The lowest BCUT2D eigenvalue weighted by Gasteiger charge is -2.31. The third kappa shape index (κ3) is 3.27. The van der Waals surface area contributed by atoms with E-state index in [4.69, 9.17) is 18.0 Å². The van der Waals surface area contributed by atoms with Crippen LogP contribution in [0.1, 0.15) is 30.9 Å². The number of nitrogens with two attached hydrogens (primary N) is 1. The van der Waals surface area contributed by atoms with Gasteiger partial charge in [0.15, 0.2) is 0 Å². The molecule has 1 saturated heterocycles. The molecule has 0 saturated carbocycles. The normalized spacial score (nSPS) is 20.9. The van der Waals surface area contributed by atoms with Gasteiger partial charge in [0.25, 0.3) is 0 Å². The summed E-state index contributed by atoms with van der Waals surface area (Å²) < 4.78 is 13.2. The standard InChI is InChI=1S/C14H19FN2S/c1-10-3-2-6-17(8-10)9-11-4-5-12(15)7-13(11)14(16)18/h4-5,7,10H,2-3,6,8-9H2,1H3,(H2,16,18). The van der Waals surface area contributed by atoms with E-state index in [1.54, 1.807) is 6.07 Å². The maximum atomic E-state index is 13.2. The van der Waals surface area contributed by atoms with Crippen LogP contribution in [0.15, 0.2) is 18.2 Å². The minimum absolute atomic E-state index is 0.273. The number of likely N-dealkylation sites (tertiary alicyclic amines) is 1. The zero-order valence-electron chi connectivity index (χ0n) is 10.7. The number of hydrogen-bond acceptors (Lipinski definition) is 2. The van der Waals surface area contributed by atoms with Gasteiger partial charge in [0.2, 0.25) is 0 Å². The van der Waals surface area contributed by atoms with E-state index in [9.17, 15) is 4.39 Å². The molecule has 1 aromatic rings. The lowest BCUT2D eigenvalue weighted by Crippen LogP contribution is -2.34. The molecule has 0 aromatic heterocycles. The average Bonchev–Trinajstić information content (AvgIpc) is 2.31. The van der Waals surface area contributed by atoms with Gasteiger partial charge in [-0.25, -0.2) is 4.39 Å². The second-order valence-electron chi connectivity index (χ2n) is 5.15. The minimum atomic E-state index is -0.284. The Morgan fingerprint density at radius 2 is 2.33 bits per heavy atom. The number of benzene rings is 1. The molecule has 1 fully saturated rings. The number of rotatable bonds is 3. The van der Waals surface area contributed by atoms with Crippen LogP contribution in [-0.2, 0) is 6.54 Å². The Bertz CT molecular complexity index is 447. The van der Waals surface area contributed by atoms with Crippen molar-refractivity contribution in [3.63, 3.8) is 0 Å². The van der Waals surface area contributed by atoms with Crippen LogP contribution in [-0.4, -0.2) is 23.0 Å². The summed E-state index contributed by atoms with van der Waals surface area (Å²) in [6.07, 6.45) is 2.52. The Hall–Kier alpha value is -1.00. The van der Waals surface area contributed by atoms with Crippen LogP contribution in [0.5, 0.6) is 0 Å². The second-order valence-corrected chi connectivity index (χ2v) is 5.59. The molecule has 2 nitrogen and oxygen atoms in total. The highest BCUT2D eigenvalue weighted by molar-refractivity contribution is 7.80. The highest BCUT2D eigenvalue weighted by Crippen LogP contribution is 2.20. The molecule has 0 radical (unpaired) electrons. The molecule has 18 heavy (non-hydrogen) atoms. The molecule has 0 bridgehead atoms. The van der Waals surface area contributed by atoms with Gasteiger partial charge < -0.3 is 5.73 Å². The van der Waals surface area contributed by atoms with Gasteiger partial charge in [-0.2, -0.15) is 0 Å². The maximum Gasteiger partial charge on any atom is 0.123 e. The van der Waals surface area contributed by atoms with Crippen LogP contribution in [0.4, 0.5) is 4.39 Å². The molecule has 1 unspecified atom stereocenters. The molecule has 1 atom stereocenters. The lowest BCUT2D eigenvalue weighted by molar-refractivity contribution is 0.176. The smallest absolute Gasteiger partial charge is 0.123 e. The van der Waals surface area contributed by atoms with Crippen molar-refractivity contribution in [2.24, 2.45) is 11.7 Å². The largest absolute Gasteiger partial charge is 0.389 e. The van der Waals surface area contributed by atoms with Gasteiger partial charge >= 0.3 is 0 Å². The van der Waals surface area contributed by atoms with Crippen molar-refractivity contribution in [2.45, 2.75) is 26.3 Å². The maximum absolute atomic E-state index is 13.2. The molecular formula is C14H19FN2S. The highest BCUT2D eigenvalue weighted by atomic mass is 32.1. The van der Waals surface area contributed by atoms with Crippen LogP contribution in [0, 0.1) is 11.7 Å². The molecule has 1 aromatic carbocycles. The van der Waals surface area contributed by atoms with E-state index in [-0.39, 0.29) is 10.8 Å². The zero-order valence-corrected chi connectivity index (χ0v) is 11.5. The Labute approximate surface area is 113 Å². The summed E-state index contributed by atoms with van der Waals surface area (Å²) >= 11 is 4.99. The van der Waals surface area contributed by atoms with Crippen molar-refractivity contribution in [1.82, 2.24) is 4.90 Å². The van der Waals surface area contributed by atoms with E-state index >= 15 is 0 Å². The van der Waals surface area contributed by atoms with Crippen molar-refractivity contribution in [2.75, 3.05) is 13.1 Å². The first-order valence-corrected chi connectivity index (χ1v) is 6.77. The van der Waals surface area contributed by atoms with Gasteiger partial charge in [-0.05, 0) is 43.0 Å². The summed E-state index contributed by atoms with van der Waals surface area (Å²) in [6.45, 7) is 5.26. The van der Waals surface area contributed by atoms with Gasteiger partial charge in [-0.15, -0.1) is 0 Å². The average molecular weight is 266 g/mol. The van der Waals surface area contributed by atoms with Crippen LogP contribution in [0.3, 0.4) is 0 Å². The van der Waals surface area contributed by atoms with E-state index < -0.39 is 0 Å². The molecule has 0 aliphatic carbocycles. The first-order chi connectivity index (χ1) is 8.56. The Balaban J connectivity index is 2.15.